The lowest BCUT2D eigenvalue weighted by Gasteiger charge is -2.35. The fourth-order valence-electron chi connectivity index (χ4n) is 2.66. The van der Waals surface area contributed by atoms with E-state index in [2.05, 4.69) is 0 Å². The Morgan fingerprint density at radius 1 is 1.36 bits per heavy atom. The Morgan fingerprint density at radius 2 is 2.05 bits per heavy atom. The second-order valence-corrected chi connectivity index (χ2v) is 5.73. The van der Waals surface area contributed by atoms with Crippen molar-refractivity contribution in [2.24, 2.45) is 5.92 Å². The van der Waals surface area contributed by atoms with E-state index in [9.17, 15) is 19.1 Å². The van der Waals surface area contributed by atoms with Crippen LogP contribution in [0, 0.1) is 11.7 Å². The fourth-order valence-corrected chi connectivity index (χ4v) is 2.66. The highest BCUT2D eigenvalue weighted by Crippen LogP contribution is 2.23. The molecule has 1 aromatic carbocycles. The van der Waals surface area contributed by atoms with Gasteiger partial charge in [-0.25, -0.2) is 9.18 Å². The SMILES string of the molecule is CC1CCN(C(=O)C/C=C/c2ccc(F)cc2)C(C(=O)O)C1. The number of carbonyl (C=O) groups excluding carboxylic acids is 1. The van der Waals surface area contributed by atoms with Gasteiger partial charge in [0.1, 0.15) is 11.9 Å². The average Bonchev–Trinajstić information content (AvgIpc) is 2.49. The number of likely N-dealkylation sites (tertiary alicyclic amines) is 1. The molecule has 1 fully saturated rings. The summed E-state index contributed by atoms with van der Waals surface area (Å²) in [6.45, 7) is 2.49. The van der Waals surface area contributed by atoms with Gasteiger partial charge in [-0.2, -0.15) is 0 Å². The van der Waals surface area contributed by atoms with E-state index in [0.717, 1.165) is 12.0 Å². The second-order valence-electron chi connectivity index (χ2n) is 5.73. The largest absolute Gasteiger partial charge is 0.480 e. The first-order valence-electron chi connectivity index (χ1n) is 7.41. The first-order chi connectivity index (χ1) is 10.5. The summed E-state index contributed by atoms with van der Waals surface area (Å²) in [6, 6.07) is 5.23. The zero-order valence-corrected chi connectivity index (χ0v) is 12.5. The number of carbonyl (C=O) groups is 2. The van der Waals surface area contributed by atoms with Gasteiger partial charge in [0, 0.05) is 13.0 Å². The lowest BCUT2D eigenvalue weighted by atomic mass is 9.92. The van der Waals surface area contributed by atoms with Crippen molar-refractivity contribution in [3.8, 4) is 0 Å². The standard InChI is InChI=1S/C17H20FNO3/c1-12-9-10-19(15(11-12)17(21)22)16(20)4-2-3-13-5-7-14(18)8-6-13/h2-3,5-8,12,15H,4,9-11H2,1H3,(H,21,22)/b3-2+. The molecule has 1 amide bonds. The minimum atomic E-state index is -0.942. The van der Waals surface area contributed by atoms with Gasteiger partial charge in [-0.1, -0.05) is 31.2 Å². The maximum absolute atomic E-state index is 12.8. The van der Waals surface area contributed by atoms with Crippen LogP contribution in [0.3, 0.4) is 0 Å². The second kappa shape index (κ2) is 7.20. The number of hydrogen-bond acceptors (Lipinski definition) is 2. The van der Waals surface area contributed by atoms with E-state index in [1.807, 2.05) is 6.92 Å². The monoisotopic (exact) mass is 305 g/mol. The van der Waals surface area contributed by atoms with Crippen molar-refractivity contribution in [3.63, 3.8) is 0 Å². The smallest absolute Gasteiger partial charge is 0.326 e. The third-order valence-electron chi connectivity index (χ3n) is 3.94. The molecule has 1 aromatic rings. The van der Waals surface area contributed by atoms with E-state index >= 15 is 0 Å². The molecule has 1 heterocycles. The van der Waals surface area contributed by atoms with E-state index in [1.54, 1.807) is 24.3 Å². The Balaban J connectivity index is 1.95. The minimum Gasteiger partial charge on any atom is -0.480 e. The summed E-state index contributed by atoms with van der Waals surface area (Å²) in [4.78, 5) is 25.0. The predicted octanol–water partition coefficient (Wildman–Crippen LogP) is 2.94. The Labute approximate surface area is 129 Å². The zero-order valence-electron chi connectivity index (χ0n) is 12.5. The molecule has 1 saturated heterocycles. The van der Waals surface area contributed by atoms with Gasteiger partial charge in [0.05, 0.1) is 0 Å². The number of halogens is 1. The van der Waals surface area contributed by atoms with Gasteiger partial charge in [-0.15, -0.1) is 0 Å². The number of carboxylic acids is 1. The first kappa shape index (κ1) is 16.2. The summed E-state index contributed by atoms with van der Waals surface area (Å²) >= 11 is 0. The Hall–Kier alpha value is -2.17. The molecule has 1 aliphatic rings. The van der Waals surface area contributed by atoms with Crippen molar-refractivity contribution < 1.29 is 19.1 Å². The molecule has 0 spiro atoms. The Kier molecular flexibility index (Phi) is 5.31. The average molecular weight is 305 g/mol. The molecule has 2 unspecified atom stereocenters. The van der Waals surface area contributed by atoms with Crippen molar-refractivity contribution >= 4 is 18.0 Å². The third kappa shape index (κ3) is 4.16. The van der Waals surface area contributed by atoms with Crippen molar-refractivity contribution in [1.29, 1.82) is 0 Å². The van der Waals surface area contributed by atoms with Crippen LogP contribution in [-0.2, 0) is 9.59 Å². The maximum atomic E-state index is 12.8. The van der Waals surface area contributed by atoms with E-state index in [1.165, 1.54) is 17.0 Å². The fraction of sp³-hybridized carbons (Fsp3) is 0.412. The van der Waals surface area contributed by atoms with Crippen LogP contribution in [0.5, 0.6) is 0 Å². The molecule has 0 radical (unpaired) electrons. The normalized spacial score (nSPS) is 22.0. The van der Waals surface area contributed by atoms with Crippen LogP contribution in [0.2, 0.25) is 0 Å². The van der Waals surface area contributed by atoms with Gasteiger partial charge in [-0.05, 0) is 36.5 Å². The summed E-state index contributed by atoms with van der Waals surface area (Å²) in [5, 5.41) is 9.26. The van der Waals surface area contributed by atoms with Crippen LogP contribution in [0.25, 0.3) is 6.08 Å². The number of aliphatic carboxylic acids is 1. The third-order valence-corrected chi connectivity index (χ3v) is 3.94. The van der Waals surface area contributed by atoms with Crippen molar-refractivity contribution in [1.82, 2.24) is 4.90 Å². The van der Waals surface area contributed by atoms with E-state index < -0.39 is 12.0 Å². The van der Waals surface area contributed by atoms with Gasteiger partial charge in [0.15, 0.2) is 0 Å². The lowest BCUT2D eigenvalue weighted by Crippen LogP contribution is -2.49. The van der Waals surface area contributed by atoms with Crippen LogP contribution in [0.15, 0.2) is 30.3 Å². The summed E-state index contributed by atoms with van der Waals surface area (Å²) in [7, 11) is 0. The molecular weight excluding hydrogens is 285 g/mol. The molecule has 5 heteroatoms. The number of hydrogen-bond donors (Lipinski definition) is 1. The number of carboxylic acid groups (broad SMARTS) is 1. The van der Waals surface area contributed by atoms with Gasteiger partial charge in [0.2, 0.25) is 5.91 Å². The van der Waals surface area contributed by atoms with Crippen LogP contribution in [-0.4, -0.2) is 34.5 Å². The van der Waals surface area contributed by atoms with E-state index in [4.69, 9.17) is 0 Å². The molecule has 2 atom stereocenters. The molecular formula is C17H20FNO3. The van der Waals surface area contributed by atoms with Crippen LogP contribution >= 0.6 is 0 Å². The first-order valence-corrected chi connectivity index (χ1v) is 7.41. The zero-order chi connectivity index (χ0) is 16.1. The predicted molar refractivity (Wildman–Crippen MR) is 81.6 cm³/mol. The lowest BCUT2D eigenvalue weighted by molar-refractivity contribution is -0.152. The number of rotatable bonds is 4. The number of piperidine rings is 1. The van der Waals surface area contributed by atoms with Gasteiger partial charge >= 0.3 is 5.97 Å². The summed E-state index contributed by atoms with van der Waals surface area (Å²) < 4.78 is 12.8. The number of nitrogens with zero attached hydrogens (tertiary/aromatic N) is 1. The quantitative estimate of drug-likeness (QED) is 0.930. The molecule has 0 saturated carbocycles. The molecule has 118 valence electrons. The number of benzene rings is 1. The topological polar surface area (TPSA) is 57.6 Å². The van der Waals surface area contributed by atoms with Crippen LogP contribution in [0.4, 0.5) is 4.39 Å². The highest BCUT2D eigenvalue weighted by atomic mass is 19.1. The van der Waals surface area contributed by atoms with Crippen molar-refractivity contribution in [3.05, 3.63) is 41.7 Å². The van der Waals surface area contributed by atoms with Gasteiger partial charge < -0.3 is 10.0 Å². The molecule has 4 nitrogen and oxygen atoms in total. The summed E-state index contributed by atoms with van der Waals surface area (Å²) in [6.07, 6.45) is 4.90. The van der Waals surface area contributed by atoms with Crippen molar-refractivity contribution in [2.45, 2.75) is 32.2 Å². The molecule has 0 bridgehead atoms. The molecule has 0 aromatic heterocycles. The maximum Gasteiger partial charge on any atom is 0.326 e. The number of amides is 1. The molecule has 1 N–H and O–H groups in total. The molecule has 0 aliphatic carbocycles. The summed E-state index contributed by atoms with van der Waals surface area (Å²) in [5.41, 5.74) is 0.802. The van der Waals surface area contributed by atoms with Crippen LogP contribution in [0.1, 0.15) is 31.7 Å². The van der Waals surface area contributed by atoms with Crippen LogP contribution < -0.4 is 0 Å². The Bertz CT molecular complexity index is 568. The van der Waals surface area contributed by atoms with E-state index in [-0.39, 0.29) is 18.1 Å². The molecule has 1 aliphatic heterocycles. The highest BCUT2D eigenvalue weighted by Gasteiger charge is 2.33. The Morgan fingerprint density at radius 3 is 2.68 bits per heavy atom. The molecule has 22 heavy (non-hydrogen) atoms. The highest BCUT2D eigenvalue weighted by molar-refractivity contribution is 5.85. The minimum absolute atomic E-state index is 0.148. The van der Waals surface area contributed by atoms with Crippen molar-refractivity contribution in [2.75, 3.05) is 6.54 Å². The van der Waals surface area contributed by atoms with E-state index in [0.29, 0.717) is 18.9 Å². The van der Waals surface area contributed by atoms with Gasteiger partial charge in [0.25, 0.3) is 0 Å². The molecule has 2 rings (SSSR count). The summed E-state index contributed by atoms with van der Waals surface area (Å²) in [5.74, 6) is -1.11. The van der Waals surface area contributed by atoms with Gasteiger partial charge in [-0.3, -0.25) is 4.79 Å².